The van der Waals surface area contributed by atoms with Crippen molar-refractivity contribution in [1.82, 2.24) is 0 Å². The third-order valence-electron chi connectivity index (χ3n) is 25.5. The van der Waals surface area contributed by atoms with Gasteiger partial charge < -0.3 is 40.9 Å². The first-order chi connectivity index (χ1) is 40.0. The fourth-order valence-corrected chi connectivity index (χ4v) is 28.4. The lowest BCUT2D eigenvalue weighted by Crippen LogP contribution is -2.56. The molecule has 0 spiro atoms. The molecule has 1 aliphatic heterocycles. The van der Waals surface area contributed by atoms with E-state index < -0.39 is 67.2 Å². The Morgan fingerprint density at radius 2 is 0.440 bits per heavy atom. The SMILES string of the molecule is O=C(O)C12CC3CC(C1)CC(c1cc4c(O)c(c1)Sc1cc(C56CC7CC(CC(C(=O)O)(C7)C5)C6)cc(c1O)Sc1cc(C56CC7CC(CC(C(=O)O)(C7)C5)C6)cc(c1O)Sc1cc(C56CC7CC(CC(C(=O)O)(C7)C5)C6)cc(c1O)S4)(C3)C2. The van der Waals surface area contributed by atoms with E-state index in [1.54, 1.807) is 0 Å². The standard InChI is InChI=1S/C68H72O12S4/c69-53-45-5-41(61-13-33-1-34(14-61)22-65(21-33,29-61)57(73)74)6-46(53)82-48-8-43(63-17-37-3-38(18-63)26-67(25-37,31-63)59(77)78)10-50(55(48)71)84-52-12-44(64-19-39-4-40(20-64)28-68(27-39,32-64)60(79)80)11-51(56(52)72)83-49-9-42(7-47(81-45)54(49)70)62-15-35-2-36(16-62)24-66(23-35,30-62)58(75)76/h5-12,33-40,69-72H,1-4,13-32H2,(H,73,74)(H,75,76)(H,77,78)(H,79,80). The second kappa shape index (κ2) is 17.6. The van der Waals surface area contributed by atoms with E-state index in [2.05, 4.69) is 0 Å². The van der Waals surface area contributed by atoms with E-state index in [4.69, 9.17) is 0 Å². The summed E-state index contributed by atoms with van der Waals surface area (Å²) in [6, 6.07) is 16.2. The molecule has 8 N–H and O–H groups in total. The monoisotopic (exact) mass is 1210 g/mol. The molecule has 4 aromatic rings. The van der Waals surface area contributed by atoms with Gasteiger partial charge in [0.05, 0.1) is 60.8 Å². The number of fused-ring (bicyclic) bond motifs is 8. The topological polar surface area (TPSA) is 230 Å². The number of phenols is 4. The van der Waals surface area contributed by atoms with Crippen LogP contribution in [0.2, 0.25) is 0 Å². The molecule has 440 valence electrons. The molecule has 24 bridgehead atoms. The summed E-state index contributed by atoms with van der Waals surface area (Å²) in [6.45, 7) is 0. The van der Waals surface area contributed by atoms with Crippen LogP contribution in [0, 0.1) is 69.0 Å². The third-order valence-corrected chi connectivity index (χ3v) is 29.8. The predicted molar refractivity (Wildman–Crippen MR) is 315 cm³/mol. The minimum atomic E-state index is -0.862. The van der Waals surface area contributed by atoms with Gasteiger partial charge in [-0.1, -0.05) is 47.0 Å². The van der Waals surface area contributed by atoms with Gasteiger partial charge >= 0.3 is 23.9 Å². The van der Waals surface area contributed by atoms with Crippen LogP contribution in [0.4, 0.5) is 0 Å². The molecule has 0 amide bonds. The Balaban J connectivity index is 0.890. The van der Waals surface area contributed by atoms with Gasteiger partial charge in [0.25, 0.3) is 0 Å². The highest BCUT2D eigenvalue weighted by molar-refractivity contribution is 8.01. The van der Waals surface area contributed by atoms with E-state index >= 15 is 0 Å². The van der Waals surface area contributed by atoms with E-state index in [1.165, 1.54) is 47.0 Å². The van der Waals surface area contributed by atoms with Crippen molar-refractivity contribution in [1.29, 1.82) is 0 Å². The second-order valence-electron chi connectivity index (χ2n) is 31.0. The van der Waals surface area contributed by atoms with E-state index in [-0.39, 0.29) is 70.3 Å². The summed E-state index contributed by atoms with van der Waals surface area (Å²) < 4.78 is 0. The fraction of sp³-hybridized carbons (Fsp3) is 0.588. The molecule has 8 atom stereocenters. The Kier molecular flexibility index (Phi) is 11.2. The zero-order chi connectivity index (χ0) is 57.6. The summed E-state index contributed by atoms with van der Waals surface area (Å²) in [7, 11) is 0. The lowest BCUT2D eigenvalue weighted by molar-refractivity contribution is -0.167. The molecule has 16 aliphatic carbocycles. The summed E-state index contributed by atoms with van der Waals surface area (Å²) in [5, 5.41) is 96.3. The number of aliphatic carboxylic acids is 4. The predicted octanol–water partition coefficient (Wildman–Crippen LogP) is 15.1. The number of carboxylic acid groups (broad SMARTS) is 4. The lowest BCUT2D eigenvalue weighted by Gasteiger charge is -2.61. The molecule has 8 unspecified atom stereocenters. The molecule has 17 aliphatic rings. The minimum absolute atomic E-state index is 0.0435. The van der Waals surface area contributed by atoms with Crippen LogP contribution in [-0.4, -0.2) is 64.7 Å². The maximum Gasteiger partial charge on any atom is 0.309 e. The van der Waals surface area contributed by atoms with Gasteiger partial charge in [-0.2, -0.15) is 0 Å². The number of carboxylic acids is 4. The third kappa shape index (κ3) is 7.62. The largest absolute Gasteiger partial charge is 0.506 e. The van der Waals surface area contributed by atoms with Crippen molar-refractivity contribution in [2.75, 3.05) is 0 Å². The fourth-order valence-electron chi connectivity index (χ4n) is 24.1. The van der Waals surface area contributed by atoms with E-state index in [0.717, 1.165) is 99.3 Å². The van der Waals surface area contributed by atoms with Crippen molar-refractivity contribution in [3.05, 3.63) is 70.8 Å². The molecule has 12 nitrogen and oxygen atoms in total. The Morgan fingerprint density at radius 1 is 0.286 bits per heavy atom. The number of hydrogen-bond acceptors (Lipinski definition) is 12. The number of carbonyl (C=O) groups is 4. The summed E-state index contributed by atoms with van der Waals surface area (Å²) >= 11 is 4.99. The van der Waals surface area contributed by atoms with Crippen molar-refractivity contribution in [2.45, 2.75) is 215 Å². The van der Waals surface area contributed by atoms with Crippen molar-refractivity contribution < 1.29 is 60.0 Å². The maximum atomic E-state index is 13.4. The number of benzene rings is 4. The van der Waals surface area contributed by atoms with E-state index in [1.807, 2.05) is 48.5 Å². The highest BCUT2D eigenvalue weighted by atomic mass is 32.2. The van der Waals surface area contributed by atoms with Crippen LogP contribution < -0.4 is 0 Å². The lowest BCUT2D eigenvalue weighted by atomic mass is 9.43. The number of aromatic hydroxyl groups is 4. The van der Waals surface area contributed by atoms with Gasteiger partial charge in [-0.25, -0.2) is 0 Å². The van der Waals surface area contributed by atoms with Crippen LogP contribution in [-0.2, 0) is 40.8 Å². The second-order valence-corrected chi connectivity index (χ2v) is 35.3. The van der Waals surface area contributed by atoms with Gasteiger partial charge in [-0.3, -0.25) is 19.2 Å². The normalized spacial score (nSPS) is 41.9. The molecule has 1 heterocycles. The molecular formula is C68H72O12S4. The van der Waals surface area contributed by atoms with Crippen LogP contribution in [0.3, 0.4) is 0 Å². The smallest absolute Gasteiger partial charge is 0.309 e. The van der Waals surface area contributed by atoms with Gasteiger partial charge in [0.2, 0.25) is 0 Å². The zero-order valence-corrected chi connectivity index (χ0v) is 50.3. The Hall–Kier alpha value is -4.64. The van der Waals surface area contributed by atoms with E-state index in [0.29, 0.717) is 116 Å². The highest BCUT2D eigenvalue weighted by Crippen LogP contribution is 2.72. The van der Waals surface area contributed by atoms with Gasteiger partial charge in [0.1, 0.15) is 23.0 Å². The van der Waals surface area contributed by atoms with Crippen LogP contribution in [0.25, 0.3) is 0 Å². The minimum Gasteiger partial charge on any atom is -0.506 e. The summed E-state index contributed by atoms with van der Waals surface area (Å²) in [5.41, 5.74) is -1.77. The highest BCUT2D eigenvalue weighted by Gasteiger charge is 2.66. The van der Waals surface area contributed by atoms with Crippen molar-refractivity contribution in [3.8, 4) is 23.0 Å². The quantitative estimate of drug-likeness (QED) is 0.0722. The molecule has 84 heavy (non-hydrogen) atoms. The zero-order valence-electron chi connectivity index (χ0n) is 47.1. The van der Waals surface area contributed by atoms with E-state index in [9.17, 15) is 60.0 Å². The summed E-state index contributed by atoms with van der Waals surface area (Å²) in [4.78, 5) is 57.4. The Morgan fingerprint density at radius 3 is 0.583 bits per heavy atom. The average molecular weight is 1210 g/mol. The molecule has 21 rings (SSSR count). The number of rotatable bonds is 8. The maximum absolute atomic E-state index is 13.4. The first-order valence-corrected chi connectivity index (χ1v) is 34.4. The molecule has 4 aromatic carbocycles. The van der Waals surface area contributed by atoms with Crippen molar-refractivity contribution in [2.24, 2.45) is 69.0 Å². The van der Waals surface area contributed by atoms with Gasteiger partial charge in [-0.05, 0) is 294 Å². The average Bonchev–Trinajstić information content (AvgIpc) is 1.27. The molecule has 16 saturated carbocycles. The summed E-state index contributed by atoms with van der Waals surface area (Å²) in [5.74, 6) is -1.34. The number of hydrogen-bond donors (Lipinski definition) is 8. The molecule has 16 fully saturated rings. The van der Waals surface area contributed by atoms with Crippen molar-refractivity contribution >= 4 is 70.9 Å². The Labute approximate surface area is 505 Å². The van der Waals surface area contributed by atoms with Crippen LogP contribution in [0.15, 0.2) is 87.7 Å². The van der Waals surface area contributed by atoms with Crippen molar-refractivity contribution in [3.63, 3.8) is 0 Å². The van der Waals surface area contributed by atoms with Crippen LogP contribution in [0.5, 0.6) is 23.0 Å². The molecular weight excluding hydrogens is 1140 g/mol. The van der Waals surface area contributed by atoms with Crippen LogP contribution in [0.1, 0.15) is 176 Å². The first kappa shape index (κ1) is 53.6. The first-order valence-electron chi connectivity index (χ1n) is 31.1. The van der Waals surface area contributed by atoms with Crippen LogP contribution >= 0.6 is 47.0 Å². The Bertz CT molecular complexity index is 3040. The molecule has 16 heteroatoms. The molecule has 0 saturated heterocycles. The molecule has 0 aromatic heterocycles. The van der Waals surface area contributed by atoms with Gasteiger partial charge in [-0.15, -0.1) is 0 Å². The summed E-state index contributed by atoms with van der Waals surface area (Å²) in [6.07, 6.45) is 17.5. The number of phenolic OH excluding ortho intramolecular Hbond substituents is 4. The van der Waals surface area contributed by atoms with Gasteiger partial charge in [0, 0.05) is 0 Å². The van der Waals surface area contributed by atoms with Gasteiger partial charge in [0.15, 0.2) is 0 Å². The molecule has 0 radical (unpaired) electrons.